The van der Waals surface area contributed by atoms with Crippen molar-refractivity contribution in [2.24, 2.45) is 5.41 Å². The molecular formula is C20H25NO5. The molecule has 2 rings (SSSR count). The summed E-state index contributed by atoms with van der Waals surface area (Å²) >= 11 is 0. The molecule has 0 aliphatic rings. The third-order valence-electron chi connectivity index (χ3n) is 4.34. The summed E-state index contributed by atoms with van der Waals surface area (Å²) in [5.74, 6) is 0.437. The van der Waals surface area contributed by atoms with Crippen molar-refractivity contribution in [3.8, 4) is 5.75 Å². The maximum absolute atomic E-state index is 12.9. The molecule has 1 aromatic carbocycles. The SMILES string of the molecule is COc1ccccc1CC(C)(C)C(=O)N(C)Cc1cc(C(=O)O)c(C)o1. The molecule has 1 aromatic heterocycles. The second-order valence-electron chi connectivity index (χ2n) is 7.02. The molecule has 0 spiro atoms. The molecular weight excluding hydrogens is 334 g/mol. The molecule has 1 N–H and O–H groups in total. The largest absolute Gasteiger partial charge is 0.496 e. The summed E-state index contributed by atoms with van der Waals surface area (Å²) in [4.78, 5) is 25.6. The van der Waals surface area contributed by atoms with Crippen molar-refractivity contribution >= 4 is 11.9 Å². The highest BCUT2D eigenvalue weighted by molar-refractivity contribution is 5.89. The Morgan fingerprint density at radius 3 is 2.50 bits per heavy atom. The van der Waals surface area contributed by atoms with Crippen LogP contribution in [0.1, 0.15) is 41.3 Å². The van der Waals surface area contributed by atoms with Gasteiger partial charge < -0.3 is 19.2 Å². The zero-order valence-corrected chi connectivity index (χ0v) is 15.8. The van der Waals surface area contributed by atoms with Crippen LogP contribution in [0.5, 0.6) is 5.75 Å². The van der Waals surface area contributed by atoms with Crippen LogP contribution >= 0.6 is 0 Å². The average Bonchev–Trinajstić information content (AvgIpc) is 2.94. The third-order valence-corrected chi connectivity index (χ3v) is 4.34. The van der Waals surface area contributed by atoms with Gasteiger partial charge in [0.05, 0.1) is 13.7 Å². The fourth-order valence-electron chi connectivity index (χ4n) is 3.06. The van der Waals surface area contributed by atoms with Crippen LogP contribution in [-0.2, 0) is 17.8 Å². The number of carbonyl (C=O) groups excluding carboxylic acids is 1. The number of methoxy groups -OCH3 is 1. The number of hydrogen-bond acceptors (Lipinski definition) is 4. The Bertz CT molecular complexity index is 806. The van der Waals surface area contributed by atoms with Crippen LogP contribution in [0.25, 0.3) is 0 Å². The number of nitrogens with zero attached hydrogens (tertiary/aromatic N) is 1. The van der Waals surface area contributed by atoms with Crippen molar-refractivity contribution in [2.45, 2.75) is 33.7 Å². The van der Waals surface area contributed by atoms with E-state index < -0.39 is 11.4 Å². The van der Waals surface area contributed by atoms with E-state index in [4.69, 9.17) is 14.3 Å². The van der Waals surface area contributed by atoms with E-state index in [-0.39, 0.29) is 18.0 Å². The number of carbonyl (C=O) groups is 2. The normalized spacial score (nSPS) is 11.3. The topological polar surface area (TPSA) is 80.0 Å². The first-order valence-electron chi connectivity index (χ1n) is 8.35. The van der Waals surface area contributed by atoms with Crippen molar-refractivity contribution in [3.05, 3.63) is 53.0 Å². The van der Waals surface area contributed by atoms with E-state index in [1.165, 1.54) is 6.07 Å². The van der Waals surface area contributed by atoms with Gasteiger partial charge in [0.15, 0.2) is 0 Å². The summed E-state index contributed by atoms with van der Waals surface area (Å²) in [5.41, 5.74) is 0.429. The lowest BCUT2D eigenvalue weighted by molar-refractivity contribution is -0.139. The number of carboxylic acid groups (broad SMARTS) is 1. The van der Waals surface area contributed by atoms with Gasteiger partial charge in [0.25, 0.3) is 0 Å². The van der Waals surface area contributed by atoms with Gasteiger partial charge in [-0.3, -0.25) is 4.79 Å². The quantitative estimate of drug-likeness (QED) is 0.818. The van der Waals surface area contributed by atoms with Gasteiger partial charge in [-0.05, 0) is 31.0 Å². The number of aromatic carboxylic acids is 1. The van der Waals surface area contributed by atoms with E-state index in [1.807, 2.05) is 38.1 Å². The van der Waals surface area contributed by atoms with Crippen molar-refractivity contribution in [2.75, 3.05) is 14.2 Å². The highest BCUT2D eigenvalue weighted by Crippen LogP contribution is 2.30. The van der Waals surface area contributed by atoms with E-state index in [2.05, 4.69) is 0 Å². The molecule has 0 saturated heterocycles. The molecule has 2 aromatic rings. The van der Waals surface area contributed by atoms with Gasteiger partial charge in [-0.2, -0.15) is 0 Å². The Morgan fingerprint density at radius 2 is 1.92 bits per heavy atom. The number of furan rings is 1. The van der Waals surface area contributed by atoms with Gasteiger partial charge in [0.1, 0.15) is 22.8 Å². The number of aryl methyl sites for hydroxylation is 1. The predicted octanol–water partition coefficient (Wildman–Crippen LogP) is 3.52. The monoisotopic (exact) mass is 359 g/mol. The molecule has 0 aliphatic carbocycles. The van der Waals surface area contributed by atoms with Gasteiger partial charge in [-0.15, -0.1) is 0 Å². The fraction of sp³-hybridized carbons (Fsp3) is 0.400. The van der Waals surface area contributed by atoms with Crippen LogP contribution in [0.4, 0.5) is 0 Å². The molecule has 0 atom stereocenters. The van der Waals surface area contributed by atoms with Crippen LogP contribution in [0.3, 0.4) is 0 Å². The van der Waals surface area contributed by atoms with Crippen LogP contribution in [-0.4, -0.2) is 36.0 Å². The molecule has 6 heteroatoms. The Balaban J connectivity index is 2.13. The van der Waals surface area contributed by atoms with Gasteiger partial charge >= 0.3 is 5.97 Å². The first-order chi connectivity index (χ1) is 12.2. The zero-order valence-electron chi connectivity index (χ0n) is 15.8. The zero-order chi connectivity index (χ0) is 19.5. The van der Waals surface area contributed by atoms with E-state index in [0.717, 1.165) is 11.3 Å². The summed E-state index contributed by atoms with van der Waals surface area (Å²) in [6.07, 6.45) is 0.526. The number of ether oxygens (including phenoxy) is 1. The third kappa shape index (κ3) is 4.25. The Morgan fingerprint density at radius 1 is 1.27 bits per heavy atom. The second-order valence-corrected chi connectivity index (χ2v) is 7.02. The molecule has 140 valence electrons. The van der Waals surface area contributed by atoms with Crippen LogP contribution < -0.4 is 4.74 Å². The van der Waals surface area contributed by atoms with Gasteiger partial charge in [0.2, 0.25) is 5.91 Å². The molecule has 6 nitrogen and oxygen atoms in total. The summed E-state index contributed by atoms with van der Waals surface area (Å²) in [6, 6.07) is 9.10. The molecule has 0 fully saturated rings. The molecule has 26 heavy (non-hydrogen) atoms. The van der Waals surface area contributed by atoms with Crippen LogP contribution in [0.15, 0.2) is 34.7 Å². The number of hydrogen-bond donors (Lipinski definition) is 1. The Hall–Kier alpha value is -2.76. The molecule has 0 unspecified atom stereocenters. The van der Waals surface area contributed by atoms with Crippen molar-refractivity contribution in [1.29, 1.82) is 0 Å². The maximum atomic E-state index is 12.9. The summed E-state index contributed by atoms with van der Waals surface area (Å²) in [6.45, 7) is 5.57. The van der Waals surface area contributed by atoms with Crippen molar-refractivity contribution in [1.82, 2.24) is 4.90 Å². The standard InChI is InChI=1S/C20H25NO5/c1-13-16(18(22)23)10-15(26-13)12-21(4)19(24)20(2,3)11-14-8-6-7-9-17(14)25-5/h6-10H,11-12H2,1-5H3,(H,22,23). The first-order valence-corrected chi connectivity index (χ1v) is 8.35. The molecule has 0 saturated carbocycles. The van der Waals surface area contributed by atoms with Crippen LogP contribution in [0, 0.1) is 12.3 Å². The minimum Gasteiger partial charge on any atom is -0.496 e. The average molecular weight is 359 g/mol. The lowest BCUT2D eigenvalue weighted by atomic mass is 9.84. The van der Waals surface area contributed by atoms with E-state index >= 15 is 0 Å². The predicted molar refractivity (Wildman–Crippen MR) is 97.4 cm³/mol. The number of carboxylic acids is 1. The van der Waals surface area contributed by atoms with Gasteiger partial charge in [-0.25, -0.2) is 4.79 Å². The summed E-state index contributed by atoms with van der Waals surface area (Å²) < 4.78 is 10.8. The van der Waals surface area contributed by atoms with E-state index in [0.29, 0.717) is 17.9 Å². The highest BCUT2D eigenvalue weighted by atomic mass is 16.5. The maximum Gasteiger partial charge on any atom is 0.339 e. The molecule has 1 heterocycles. The smallest absolute Gasteiger partial charge is 0.339 e. The van der Waals surface area contributed by atoms with E-state index in [1.54, 1.807) is 26.0 Å². The molecule has 1 amide bonds. The first kappa shape index (κ1) is 19.6. The minimum atomic E-state index is -1.04. The highest BCUT2D eigenvalue weighted by Gasteiger charge is 2.32. The number of rotatable bonds is 7. The second kappa shape index (κ2) is 7.64. The molecule has 0 bridgehead atoms. The summed E-state index contributed by atoms with van der Waals surface area (Å²) in [5, 5.41) is 9.11. The van der Waals surface area contributed by atoms with E-state index in [9.17, 15) is 9.59 Å². The lowest BCUT2D eigenvalue weighted by Gasteiger charge is -2.29. The molecule has 0 aliphatic heterocycles. The van der Waals surface area contributed by atoms with Crippen LogP contribution in [0.2, 0.25) is 0 Å². The number of benzene rings is 1. The van der Waals surface area contributed by atoms with Crippen molar-refractivity contribution < 1.29 is 23.8 Å². The van der Waals surface area contributed by atoms with Gasteiger partial charge in [0, 0.05) is 12.5 Å². The van der Waals surface area contributed by atoms with Gasteiger partial charge in [-0.1, -0.05) is 32.0 Å². The lowest BCUT2D eigenvalue weighted by Crippen LogP contribution is -2.39. The minimum absolute atomic E-state index is 0.0608. The number of amides is 1. The summed E-state index contributed by atoms with van der Waals surface area (Å²) in [7, 11) is 3.30. The Labute approximate surface area is 153 Å². The molecule has 0 radical (unpaired) electrons. The Kier molecular flexibility index (Phi) is 5.75. The number of para-hydroxylation sites is 1. The van der Waals surface area contributed by atoms with Crippen molar-refractivity contribution in [3.63, 3.8) is 0 Å². The fourth-order valence-corrected chi connectivity index (χ4v) is 3.06.